The fourth-order valence-electron chi connectivity index (χ4n) is 11.1. The van der Waals surface area contributed by atoms with E-state index < -0.39 is 28.8 Å². The van der Waals surface area contributed by atoms with Gasteiger partial charge in [-0.15, -0.1) is 6.58 Å². The monoisotopic (exact) mass is 1040 g/mol. The Morgan fingerprint density at radius 2 is 1.55 bits per heavy atom. The number of hydrogen-bond acceptors (Lipinski definition) is 14. The number of hydrogen-bond donors (Lipinski definition) is 2. The summed E-state index contributed by atoms with van der Waals surface area (Å²) in [4.78, 5) is 34.2. The largest absolute Gasteiger partial charge is 0.459 e. The van der Waals surface area contributed by atoms with Gasteiger partial charge in [-0.2, -0.15) is 0 Å². The number of allylic oxidation sites excluding steroid dienone is 1. The van der Waals surface area contributed by atoms with Crippen LogP contribution in [0.5, 0.6) is 28.7 Å². The fraction of sp³-hybridized carbons (Fsp3) is 0.400. The lowest BCUT2D eigenvalue weighted by Crippen LogP contribution is -2.70. The number of amides is 1. The molecule has 16 heteroatoms. The van der Waals surface area contributed by atoms with Crippen molar-refractivity contribution in [1.29, 1.82) is 0 Å². The molecule has 1 fully saturated rings. The topological polar surface area (TPSA) is 190 Å². The first-order valence-corrected chi connectivity index (χ1v) is 26.2. The van der Waals surface area contributed by atoms with Crippen molar-refractivity contribution in [2.75, 3.05) is 39.8 Å². The van der Waals surface area contributed by atoms with Crippen LogP contribution in [0, 0.1) is 41.7 Å². The molecular formula is C60H67N3O13. The van der Waals surface area contributed by atoms with Crippen LogP contribution in [0.1, 0.15) is 84.2 Å². The summed E-state index contributed by atoms with van der Waals surface area (Å²) in [6.07, 6.45) is 7.56. The standard InChI is InChI=1S/C60H67N3O13/c1-4-28-73-60-56(62(36-44-19-24-54-55(32-44)72-39-71-54)59(66)70-30-29-69-37-42-12-6-5-7-13-42)35-52(61-74-38-43-17-20-46(21-18-43)63(67)68)50-33-45(14-8-10-26-64)49(15-9-11-27-65)57(58(50)60)51-34-48(23-25-53(51)76-60)75-47-22-16-40(2)41(3)31-47/h4-7,12-13,16-25,31-34,45,49,56-58,64-65H,1,8-11,14-15,26-30,35-39H2,2-3H3/t45-,49+,56-,57+,58+,60+/m0/s1. The van der Waals surface area contributed by atoms with Crippen LogP contribution in [0.25, 0.3) is 0 Å². The van der Waals surface area contributed by atoms with E-state index in [0.717, 1.165) is 59.1 Å². The van der Waals surface area contributed by atoms with Gasteiger partial charge in [0.1, 0.15) is 36.5 Å². The number of aliphatic hydroxyl groups is 2. The predicted molar refractivity (Wildman–Crippen MR) is 284 cm³/mol. The second kappa shape index (κ2) is 25.1. The Bertz CT molecular complexity index is 2870. The van der Waals surface area contributed by atoms with Crippen molar-refractivity contribution in [3.63, 3.8) is 0 Å². The molecule has 0 bridgehead atoms. The molecule has 2 N–H and O–H groups in total. The molecule has 1 saturated carbocycles. The molecule has 0 spiro atoms. The van der Waals surface area contributed by atoms with E-state index in [4.69, 9.17) is 43.2 Å². The van der Waals surface area contributed by atoms with Gasteiger partial charge in [0.15, 0.2) is 11.5 Å². The highest BCUT2D eigenvalue weighted by molar-refractivity contribution is 6.03. The molecule has 2 aliphatic heterocycles. The number of benzene rings is 5. The van der Waals surface area contributed by atoms with Crippen LogP contribution in [0.15, 0.2) is 139 Å². The Morgan fingerprint density at radius 1 is 0.829 bits per heavy atom. The van der Waals surface area contributed by atoms with Gasteiger partial charge in [-0.3, -0.25) is 15.0 Å². The van der Waals surface area contributed by atoms with Crippen molar-refractivity contribution in [3.05, 3.63) is 177 Å². The molecule has 400 valence electrons. The molecule has 6 atom stereocenters. The van der Waals surface area contributed by atoms with E-state index in [2.05, 4.69) is 32.6 Å². The maximum Gasteiger partial charge on any atom is 0.410 e. The molecule has 9 rings (SSSR count). The molecule has 2 aliphatic carbocycles. The van der Waals surface area contributed by atoms with Crippen LogP contribution in [-0.4, -0.2) is 83.5 Å². The second-order valence-electron chi connectivity index (χ2n) is 19.8. The third-order valence-electron chi connectivity index (χ3n) is 14.9. The van der Waals surface area contributed by atoms with E-state index in [9.17, 15) is 20.3 Å². The first-order valence-electron chi connectivity index (χ1n) is 26.2. The SMILES string of the molecule is C=CCO[C@@]12Oc3ccc(Oc4ccc(C)c(C)c4)cc3[C@H]3[C@H](CCCCO)[C@@H](CCCCO)C=C(C(=NOCc4ccc([N+](=O)[O-])cc4)C[C@@H]1N(Cc1ccc4c(c1)OCO4)C(=O)OCCOCc1ccccc1)[C@H]32. The van der Waals surface area contributed by atoms with Crippen molar-refractivity contribution in [3.8, 4) is 28.7 Å². The van der Waals surface area contributed by atoms with Gasteiger partial charge >= 0.3 is 6.09 Å². The Kier molecular flexibility index (Phi) is 17.7. The molecule has 0 radical (unpaired) electrons. The summed E-state index contributed by atoms with van der Waals surface area (Å²) in [7, 11) is 0. The molecule has 76 heavy (non-hydrogen) atoms. The molecule has 4 aliphatic rings. The number of aliphatic hydroxyl groups excluding tert-OH is 2. The number of ether oxygens (including phenoxy) is 7. The third-order valence-corrected chi connectivity index (χ3v) is 14.9. The number of rotatable bonds is 25. The van der Waals surface area contributed by atoms with Gasteiger partial charge < -0.3 is 48.2 Å². The minimum Gasteiger partial charge on any atom is -0.459 e. The van der Waals surface area contributed by atoms with Crippen LogP contribution in [0.3, 0.4) is 0 Å². The highest BCUT2D eigenvalue weighted by Crippen LogP contribution is 2.62. The number of aryl methyl sites for hydroxylation is 2. The Hall–Kier alpha value is -7.24. The summed E-state index contributed by atoms with van der Waals surface area (Å²) >= 11 is 0. The zero-order valence-electron chi connectivity index (χ0n) is 43.2. The average molecular weight is 1040 g/mol. The van der Waals surface area contributed by atoms with E-state index in [1.54, 1.807) is 23.1 Å². The van der Waals surface area contributed by atoms with E-state index in [-0.39, 0.29) is 82.8 Å². The molecular weight excluding hydrogens is 971 g/mol. The van der Waals surface area contributed by atoms with Crippen molar-refractivity contribution in [2.24, 2.45) is 22.9 Å². The van der Waals surface area contributed by atoms with Crippen LogP contribution in [0.4, 0.5) is 10.5 Å². The summed E-state index contributed by atoms with van der Waals surface area (Å²) in [5.74, 6) is 0.334. The quantitative estimate of drug-likeness (QED) is 0.0243. The summed E-state index contributed by atoms with van der Waals surface area (Å²) in [6, 6.07) is 32.4. The summed E-state index contributed by atoms with van der Waals surface area (Å²) < 4.78 is 45.0. The minimum atomic E-state index is -1.60. The number of fused-ring (bicyclic) bond motifs is 3. The number of unbranched alkanes of at least 4 members (excludes halogenated alkanes) is 2. The Labute approximate surface area is 443 Å². The van der Waals surface area contributed by atoms with Gasteiger partial charge in [0.2, 0.25) is 12.6 Å². The zero-order chi connectivity index (χ0) is 53.0. The Morgan fingerprint density at radius 3 is 2.32 bits per heavy atom. The molecule has 0 saturated heterocycles. The lowest BCUT2D eigenvalue weighted by Gasteiger charge is -2.59. The summed E-state index contributed by atoms with van der Waals surface area (Å²) in [6.45, 7) is 8.84. The summed E-state index contributed by atoms with van der Waals surface area (Å²) in [5.41, 5.74) is 6.86. The van der Waals surface area contributed by atoms with Crippen molar-refractivity contribution in [1.82, 2.24) is 4.90 Å². The number of oxime groups is 1. The van der Waals surface area contributed by atoms with Gasteiger partial charge in [0.05, 0.1) is 36.4 Å². The van der Waals surface area contributed by atoms with E-state index in [1.807, 2.05) is 78.9 Å². The van der Waals surface area contributed by atoms with Crippen LogP contribution < -0.4 is 18.9 Å². The first-order chi connectivity index (χ1) is 37.1. The lowest BCUT2D eigenvalue weighted by atomic mass is 9.55. The average Bonchev–Trinajstić information content (AvgIpc) is 3.99. The fourth-order valence-corrected chi connectivity index (χ4v) is 11.1. The van der Waals surface area contributed by atoms with Gasteiger partial charge in [-0.25, -0.2) is 4.79 Å². The second-order valence-corrected chi connectivity index (χ2v) is 19.8. The normalized spacial score (nSPS) is 21.4. The van der Waals surface area contributed by atoms with Gasteiger partial charge in [0, 0.05) is 49.8 Å². The number of nitro groups is 1. The third kappa shape index (κ3) is 12.2. The van der Waals surface area contributed by atoms with Gasteiger partial charge in [0.25, 0.3) is 5.69 Å². The molecule has 1 amide bonds. The number of carbonyl (C=O) groups excluding carboxylic acids is 1. The number of non-ortho nitro benzene ring substituents is 1. The van der Waals surface area contributed by atoms with Gasteiger partial charge in [-0.1, -0.05) is 72.6 Å². The number of carbonyl (C=O) groups is 1. The molecule has 5 aromatic rings. The molecule has 2 heterocycles. The molecule has 0 unspecified atom stereocenters. The van der Waals surface area contributed by atoms with E-state index in [1.165, 1.54) is 12.1 Å². The molecule has 0 aromatic heterocycles. The predicted octanol–water partition coefficient (Wildman–Crippen LogP) is 11.4. The van der Waals surface area contributed by atoms with Crippen LogP contribution in [0.2, 0.25) is 0 Å². The maximum absolute atomic E-state index is 15.2. The summed E-state index contributed by atoms with van der Waals surface area (Å²) in [5, 5.41) is 36.7. The van der Waals surface area contributed by atoms with E-state index >= 15 is 4.79 Å². The highest BCUT2D eigenvalue weighted by atomic mass is 16.7. The van der Waals surface area contributed by atoms with Crippen molar-refractivity contribution < 1.29 is 57.9 Å². The molecule has 16 nitrogen and oxygen atoms in total. The van der Waals surface area contributed by atoms with Crippen LogP contribution in [-0.2, 0) is 38.8 Å². The van der Waals surface area contributed by atoms with Gasteiger partial charge in [-0.05, 0) is 139 Å². The van der Waals surface area contributed by atoms with Crippen LogP contribution >= 0.6 is 0 Å². The van der Waals surface area contributed by atoms with Crippen molar-refractivity contribution in [2.45, 2.75) is 96.3 Å². The molecule has 5 aromatic carbocycles. The lowest BCUT2D eigenvalue weighted by molar-refractivity contribution is -0.384. The van der Waals surface area contributed by atoms with E-state index in [0.29, 0.717) is 59.5 Å². The smallest absolute Gasteiger partial charge is 0.410 e. The van der Waals surface area contributed by atoms with Crippen molar-refractivity contribution >= 4 is 17.5 Å². The maximum atomic E-state index is 15.2. The number of nitrogens with zero attached hydrogens (tertiary/aromatic N) is 3. The first kappa shape index (κ1) is 53.6. The zero-order valence-corrected chi connectivity index (χ0v) is 43.2. The highest BCUT2D eigenvalue weighted by Gasteiger charge is 2.66. The number of nitro benzene ring substituents is 1. The minimum absolute atomic E-state index is 0.000191. The Balaban J connectivity index is 1.19.